The quantitative estimate of drug-likeness (QED) is 0.781. The molecule has 0 aliphatic carbocycles. The fourth-order valence-corrected chi connectivity index (χ4v) is 2.35. The molecule has 3 nitrogen and oxygen atoms in total. The van der Waals surface area contributed by atoms with E-state index in [2.05, 4.69) is 31.4 Å². The summed E-state index contributed by atoms with van der Waals surface area (Å²) in [7, 11) is 0. The number of allylic oxidation sites excluding steroid dienone is 2. The molecule has 0 amide bonds. The summed E-state index contributed by atoms with van der Waals surface area (Å²) >= 11 is 0. The van der Waals surface area contributed by atoms with Crippen molar-refractivity contribution in [1.82, 2.24) is 4.90 Å². The van der Waals surface area contributed by atoms with E-state index in [0.29, 0.717) is 12.5 Å². The van der Waals surface area contributed by atoms with Crippen molar-refractivity contribution in [2.45, 2.75) is 53.7 Å². The highest BCUT2D eigenvalue weighted by Crippen LogP contribution is 2.20. The van der Waals surface area contributed by atoms with Gasteiger partial charge in [-0.2, -0.15) is 0 Å². The predicted molar refractivity (Wildman–Crippen MR) is 99.5 cm³/mol. The van der Waals surface area contributed by atoms with Crippen molar-refractivity contribution in [3.05, 3.63) is 54.1 Å². The van der Waals surface area contributed by atoms with E-state index in [1.54, 1.807) is 18.2 Å². The molecule has 1 aliphatic heterocycles. The molecule has 1 atom stereocenters. The largest absolute Gasteiger partial charge is 0.508 e. The van der Waals surface area contributed by atoms with Crippen LogP contribution in [0.4, 0.5) is 0 Å². The Hall–Kier alpha value is -1.58. The summed E-state index contributed by atoms with van der Waals surface area (Å²) in [5.41, 5.74) is 2.58. The lowest BCUT2D eigenvalue weighted by atomic mass is 10.1. The first-order valence-electron chi connectivity index (χ1n) is 8.48. The number of phenols is 1. The van der Waals surface area contributed by atoms with Crippen LogP contribution in [0.25, 0.3) is 0 Å². The number of nitrogens with zero attached hydrogens (tertiary/aromatic N) is 1. The molecule has 1 aliphatic rings. The Morgan fingerprint density at radius 1 is 1.30 bits per heavy atom. The van der Waals surface area contributed by atoms with E-state index in [-0.39, 0.29) is 6.10 Å². The first-order valence-corrected chi connectivity index (χ1v) is 8.48. The highest BCUT2D eigenvalue weighted by Gasteiger charge is 2.24. The standard InChI is InChI=1S/C15H21NO2.C3H6.C2H6/c1-3-13(4-2)15-10-16(11-18-15)9-12-5-7-14(17)8-6-12;1-3-2;1-2/h3,5-8,15,17H,4,9-11H2,1-2H3;3H,1H2,2H3;1-2H3/b13-3+;;. The minimum Gasteiger partial charge on any atom is -0.508 e. The molecule has 2 rings (SSSR count). The molecule has 1 aromatic carbocycles. The summed E-state index contributed by atoms with van der Waals surface area (Å²) < 4.78 is 5.81. The molecule has 1 unspecified atom stereocenters. The van der Waals surface area contributed by atoms with Gasteiger partial charge in [0.05, 0.1) is 6.10 Å². The van der Waals surface area contributed by atoms with Gasteiger partial charge in [0, 0.05) is 13.1 Å². The zero-order valence-corrected chi connectivity index (χ0v) is 15.4. The average Bonchev–Trinajstić information content (AvgIpc) is 3.02. The summed E-state index contributed by atoms with van der Waals surface area (Å²) in [6.45, 7) is 16.0. The molecular formula is C20H33NO2. The zero-order valence-electron chi connectivity index (χ0n) is 15.4. The second-order valence-electron chi connectivity index (χ2n) is 5.09. The minimum absolute atomic E-state index is 0.247. The molecule has 23 heavy (non-hydrogen) atoms. The van der Waals surface area contributed by atoms with E-state index >= 15 is 0 Å². The molecule has 1 heterocycles. The summed E-state index contributed by atoms with van der Waals surface area (Å²) in [5, 5.41) is 9.25. The van der Waals surface area contributed by atoms with Crippen molar-refractivity contribution in [2.24, 2.45) is 0 Å². The number of ether oxygens (including phenoxy) is 1. The molecule has 0 spiro atoms. The first-order chi connectivity index (χ1) is 11.1. The Kier molecular flexibility index (Phi) is 12.0. The van der Waals surface area contributed by atoms with Crippen LogP contribution in [-0.2, 0) is 11.3 Å². The van der Waals surface area contributed by atoms with Gasteiger partial charge >= 0.3 is 0 Å². The molecule has 130 valence electrons. The summed E-state index contributed by atoms with van der Waals surface area (Å²) in [6.07, 6.45) is 5.21. The van der Waals surface area contributed by atoms with Crippen molar-refractivity contribution in [1.29, 1.82) is 0 Å². The van der Waals surface area contributed by atoms with Crippen LogP contribution in [0.2, 0.25) is 0 Å². The Morgan fingerprint density at radius 3 is 2.35 bits per heavy atom. The van der Waals surface area contributed by atoms with Crippen LogP contribution in [-0.4, -0.2) is 29.4 Å². The first kappa shape index (κ1) is 21.4. The fraction of sp³-hybridized carbons (Fsp3) is 0.500. The molecule has 0 saturated carbocycles. The van der Waals surface area contributed by atoms with Crippen LogP contribution in [0.5, 0.6) is 5.75 Å². The third-order valence-electron chi connectivity index (χ3n) is 3.42. The van der Waals surface area contributed by atoms with E-state index in [9.17, 15) is 5.11 Å². The molecule has 0 aromatic heterocycles. The number of phenolic OH excluding ortho intramolecular Hbond substituents is 1. The molecule has 1 N–H and O–H groups in total. The van der Waals surface area contributed by atoms with Crippen LogP contribution in [0.1, 0.15) is 46.6 Å². The van der Waals surface area contributed by atoms with Gasteiger partial charge in [-0.25, -0.2) is 0 Å². The lowest BCUT2D eigenvalue weighted by molar-refractivity contribution is 0.103. The van der Waals surface area contributed by atoms with Gasteiger partial charge < -0.3 is 9.84 Å². The summed E-state index contributed by atoms with van der Waals surface area (Å²) in [4.78, 5) is 2.29. The van der Waals surface area contributed by atoms with Crippen molar-refractivity contribution in [2.75, 3.05) is 13.3 Å². The van der Waals surface area contributed by atoms with Crippen molar-refractivity contribution >= 4 is 0 Å². The maximum atomic E-state index is 9.25. The molecule has 0 radical (unpaired) electrons. The molecule has 1 saturated heterocycles. The van der Waals surface area contributed by atoms with Crippen molar-refractivity contribution < 1.29 is 9.84 Å². The van der Waals surface area contributed by atoms with Gasteiger partial charge in [-0.05, 0) is 43.5 Å². The van der Waals surface area contributed by atoms with E-state index in [4.69, 9.17) is 4.74 Å². The summed E-state index contributed by atoms with van der Waals surface area (Å²) in [6, 6.07) is 7.37. The lowest BCUT2D eigenvalue weighted by Gasteiger charge is -2.14. The van der Waals surface area contributed by atoms with Crippen LogP contribution in [0.3, 0.4) is 0 Å². The second kappa shape index (κ2) is 12.9. The second-order valence-corrected chi connectivity index (χ2v) is 5.09. The van der Waals surface area contributed by atoms with E-state index in [1.807, 2.05) is 32.9 Å². The smallest absolute Gasteiger partial charge is 0.115 e. The monoisotopic (exact) mass is 319 g/mol. The van der Waals surface area contributed by atoms with Gasteiger partial charge in [-0.15, -0.1) is 6.58 Å². The lowest BCUT2D eigenvalue weighted by Crippen LogP contribution is -2.22. The van der Waals surface area contributed by atoms with Gasteiger partial charge in [0.1, 0.15) is 12.5 Å². The van der Waals surface area contributed by atoms with Crippen molar-refractivity contribution in [3.8, 4) is 5.75 Å². The average molecular weight is 319 g/mol. The van der Waals surface area contributed by atoms with Gasteiger partial charge in [0.25, 0.3) is 0 Å². The van der Waals surface area contributed by atoms with Gasteiger partial charge in [-0.3, -0.25) is 4.90 Å². The van der Waals surface area contributed by atoms with Gasteiger partial charge in [0.2, 0.25) is 0 Å². The number of hydrogen-bond donors (Lipinski definition) is 1. The van der Waals surface area contributed by atoms with E-state index in [0.717, 1.165) is 19.5 Å². The Balaban J connectivity index is 0.000000868. The number of hydrogen-bond acceptors (Lipinski definition) is 3. The van der Waals surface area contributed by atoms with Crippen LogP contribution < -0.4 is 0 Å². The molecule has 0 bridgehead atoms. The zero-order chi connectivity index (χ0) is 17.7. The molecule has 1 aromatic rings. The number of aromatic hydroxyl groups is 1. The maximum Gasteiger partial charge on any atom is 0.115 e. The maximum absolute atomic E-state index is 9.25. The topological polar surface area (TPSA) is 32.7 Å². The molecular weight excluding hydrogens is 286 g/mol. The van der Waals surface area contributed by atoms with Gasteiger partial charge in [-0.1, -0.05) is 45.1 Å². The molecule has 1 fully saturated rings. The van der Waals surface area contributed by atoms with Gasteiger partial charge in [0.15, 0.2) is 0 Å². The highest BCUT2D eigenvalue weighted by atomic mass is 16.5. The van der Waals surface area contributed by atoms with E-state index < -0.39 is 0 Å². The van der Waals surface area contributed by atoms with E-state index in [1.165, 1.54) is 11.1 Å². The van der Waals surface area contributed by atoms with Crippen molar-refractivity contribution in [3.63, 3.8) is 0 Å². The van der Waals surface area contributed by atoms with Crippen LogP contribution >= 0.6 is 0 Å². The summed E-state index contributed by atoms with van der Waals surface area (Å²) in [5.74, 6) is 0.316. The minimum atomic E-state index is 0.247. The SMILES string of the molecule is C/C=C(\CC)C1CN(Cc2ccc(O)cc2)CO1.C=CC.CC. The number of benzene rings is 1. The normalized spacial score (nSPS) is 17.6. The van der Waals surface area contributed by atoms with Crippen LogP contribution in [0.15, 0.2) is 48.6 Å². The Labute approximate surface area is 142 Å². The number of rotatable bonds is 4. The highest BCUT2D eigenvalue weighted by molar-refractivity contribution is 5.25. The third kappa shape index (κ3) is 8.00. The van der Waals surface area contributed by atoms with Crippen LogP contribution in [0, 0.1) is 0 Å². The third-order valence-corrected chi connectivity index (χ3v) is 3.42. The predicted octanol–water partition coefficient (Wildman–Crippen LogP) is 5.13. The fourth-order valence-electron chi connectivity index (χ4n) is 2.35. The molecule has 3 heteroatoms. The Bertz CT molecular complexity index is 451. The Morgan fingerprint density at radius 2 is 1.87 bits per heavy atom.